The average molecular weight is 302 g/mol. The van der Waals surface area contributed by atoms with Gasteiger partial charge >= 0.3 is 0 Å². The predicted molar refractivity (Wildman–Crippen MR) is 85.1 cm³/mol. The van der Waals surface area contributed by atoms with Crippen LogP contribution in [0.2, 0.25) is 0 Å². The number of rotatable bonds is 3. The molecule has 116 valence electrons. The molecule has 3 N–H and O–H groups in total. The van der Waals surface area contributed by atoms with Crippen LogP contribution in [0.3, 0.4) is 0 Å². The zero-order valence-corrected chi connectivity index (χ0v) is 12.7. The fourth-order valence-electron chi connectivity index (χ4n) is 2.68. The van der Waals surface area contributed by atoms with E-state index in [2.05, 4.69) is 5.32 Å². The van der Waals surface area contributed by atoms with E-state index < -0.39 is 0 Å². The molecular formula is C17H19FN2O2. The maximum absolute atomic E-state index is 14.0. The first-order valence-corrected chi connectivity index (χ1v) is 7.21. The summed E-state index contributed by atoms with van der Waals surface area (Å²) in [5.74, 6) is 1.12. The Kier molecular flexibility index (Phi) is 3.90. The van der Waals surface area contributed by atoms with Gasteiger partial charge in [-0.15, -0.1) is 0 Å². The summed E-state index contributed by atoms with van der Waals surface area (Å²) in [7, 11) is 1.62. The van der Waals surface area contributed by atoms with Gasteiger partial charge in [0.25, 0.3) is 0 Å². The standard InChI is InChI=1S/C17H19FN2O2/c1-10-5-12(21-2)3-4-14(10)15-6-11(18)7-16-17(15)22-13(8-19)9-20-16/h3-7,13,20H,8-9,19H2,1-2H3/t13-/m1/s1. The Labute approximate surface area is 129 Å². The molecule has 0 unspecified atom stereocenters. The van der Waals surface area contributed by atoms with E-state index in [1.54, 1.807) is 7.11 Å². The van der Waals surface area contributed by atoms with Gasteiger partial charge < -0.3 is 20.5 Å². The number of hydrogen-bond acceptors (Lipinski definition) is 4. The van der Waals surface area contributed by atoms with E-state index in [-0.39, 0.29) is 11.9 Å². The summed E-state index contributed by atoms with van der Waals surface area (Å²) in [6.07, 6.45) is -0.115. The van der Waals surface area contributed by atoms with Gasteiger partial charge in [-0.05, 0) is 36.2 Å². The number of anilines is 1. The summed E-state index contributed by atoms with van der Waals surface area (Å²) in [4.78, 5) is 0. The second-order valence-corrected chi connectivity index (χ2v) is 5.37. The predicted octanol–water partition coefficient (Wildman–Crippen LogP) is 2.94. The zero-order chi connectivity index (χ0) is 15.7. The van der Waals surface area contributed by atoms with Gasteiger partial charge in [0.2, 0.25) is 0 Å². The lowest BCUT2D eigenvalue weighted by Gasteiger charge is -2.28. The van der Waals surface area contributed by atoms with E-state index in [1.807, 2.05) is 25.1 Å². The molecule has 0 aromatic heterocycles. The van der Waals surface area contributed by atoms with Gasteiger partial charge in [0.05, 0.1) is 19.3 Å². The molecule has 0 radical (unpaired) electrons. The van der Waals surface area contributed by atoms with Crippen molar-refractivity contribution >= 4 is 5.69 Å². The minimum atomic E-state index is -0.300. The van der Waals surface area contributed by atoms with E-state index in [4.69, 9.17) is 15.2 Å². The Bertz CT molecular complexity index is 703. The van der Waals surface area contributed by atoms with Crippen molar-refractivity contribution < 1.29 is 13.9 Å². The van der Waals surface area contributed by atoms with E-state index in [0.717, 1.165) is 22.4 Å². The number of aryl methyl sites for hydroxylation is 1. The zero-order valence-electron chi connectivity index (χ0n) is 12.7. The van der Waals surface area contributed by atoms with Crippen molar-refractivity contribution in [2.45, 2.75) is 13.0 Å². The molecule has 1 aliphatic rings. The fourth-order valence-corrected chi connectivity index (χ4v) is 2.68. The van der Waals surface area contributed by atoms with Crippen molar-refractivity contribution in [2.24, 2.45) is 5.73 Å². The molecule has 0 saturated heterocycles. The molecule has 0 bridgehead atoms. The summed E-state index contributed by atoms with van der Waals surface area (Å²) in [5.41, 5.74) is 8.98. The molecule has 0 aliphatic carbocycles. The molecule has 0 fully saturated rings. The van der Waals surface area contributed by atoms with Gasteiger partial charge in [0.1, 0.15) is 17.7 Å². The number of benzene rings is 2. The van der Waals surface area contributed by atoms with Crippen molar-refractivity contribution in [2.75, 3.05) is 25.5 Å². The summed E-state index contributed by atoms with van der Waals surface area (Å²) in [5, 5.41) is 3.19. The van der Waals surface area contributed by atoms with Crippen molar-refractivity contribution in [3.8, 4) is 22.6 Å². The van der Waals surface area contributed by atoms with Crippen molar-refractivity contribution in [1.82, 2.24) is 0 Å². The molecule has 2 aromatic rings. The van der Waals surface area contributed by atoms with Crippen LogP contribution in [0.4, 0.5) is 10.1 Å². The third-order valence-corrected chi connectivity index (χ3v) is 3.85. The first-order chi connectivity index (χ1) is 10.6. The third kappa shape index (κ3) is 2.60. The highest BCUT2D eigenvalue weighted by Gasteiger charge is 2.23. The number of hydrogen-bond donors (Lipinski definition) is 2. The van der Waals surface area contributed by atoms with Crippen LogP contribution in [0.5, 0.6) is 11.5 Å². The minimum Gasteiger partial charge on any atom is -0.497 e. The summed E-state index contributed by atoms with van der Waals surface area (Å²) in [6, 6.07) is 8.64. The van der Waals surface area contributed by atoms with Crippen LogP contribution in [0.25, 0.3) is 11.1 Å². The van der Waals surface area contributed by atoms with Crippen LogP contribution in [-0.4, -0.2) is 26.3 Å². The maximum Gasteiger partial charge on any atom is 0.151 e. The number of halogens is 1. The quantitative estimate of drug-likeness (QED) is 0.915. The Hall–Kier alpha value is -2.27. The van der Waals surface area contributed by atoms with Crippen LogP contribution >= 0.6 is 0 Å². The fraction of sp³-hybridized carbons (Fsp3) is 0.294. The molecule has 3 rings (SSSR count). The van der Waals surface area contributed by atoms with E-state index in [0.29, 0.717) is 24.5 Å². The average Bonchev–Trinajstić information content (AvgIpc) is 2.53. The van der Waals surface area contributed by atoms with E-state index in [9.17, 15) is 4.39 Å². The highest BCUT2D eigenvalue weighted by molar-refractivity contribution is 5.81. The lowest BCUT2D eigenvalue weighted by Crippen LogP contribution is -2.37. The smallest absolute Gasteiger partial charge is 0.151 e. The lowest BCUT2D eigenvalue weighted by molar-refractivity contribution is 0.215. The third-order valence-electron chi connectivity index (χ3n) is 3.85. The molecule has 4 nitrogen and oxygen atoms in total. The molecular weight excluding hydrogens is 283 g/mol. The van der Waals surface area contributed by atoms with E-state index in [1.165, 1.54) is 12.1 Å². The van der Waals surface area contributed by atoms with Gasteiger partial charge in [0.15, 0.2) is 5.75 Å². The largest absolute Gasteiger partial charge is 0.497 e. The lowest BCUT2D eigenvalue weighted by atomic mass is 9.97. The van der Waals surface area contributed by atoms with Crippen LogP contribution in [0, 0.1) is 12.7 Å². The van der Waals surface area contributed by atoms with Gasteiger partial charge in [-0.3, -0.25) is 0 Å². The Morgan fingerprint density at radius 2 is 2.14 bits per heavy atom. The van der Waals surface area contributed by atoms with Crippen LogP contribution in [0.1, 0.15) is 5.56 Å². The van der Waals surface area contributed by atoms with Gasteiger partial charge in [0, 0.05) is 18.2 Å². The topological polar surface area (TPSA) is 56.5 Å². The molecule has 0 spiro atoms. The monoisotopic (exact) mass is 302 g/mol. The molecule has 1 heterocycles. The highest BCUT2D eigenvalue weighted by Crippen LogP contribution is 2.41. The van der Waals surface area contributed by atoms with E-state index >= 15 is 0 Å². The second-order valence-electron chi connectivity index (χ2n) is 5.37. The molecule has 1 atom stereocenters. The summed E-state index contributed by atoms with van der Waals surface area (Å²) < 4.78 is 25.1. The van der Waals surface area contributed by atoms with Gasteiger partial charge in [-0.1, -0.05) is 6.07 Å². The Morgan fingerprint density at radius 3 is 2.82 bits per heavy atom. The molecule has 1 aliphatic heterocycles. The molecule has 22 heavy (non-hydrogen) atoms. The summed E-state index contributed by atoms with van der Waals surface area (Å²) >= 11 is 0. The number of methoxy groups -OCH3 is 1. The van der Waals surface area contributed by atoms with Gasteiger partial charge in [-0.2, -0.15) is 0 Å². The number of nitrogens with one attached hydrogen (secondary N) is 1. The van der Waals surface area contributed by atoms with Crippen LogP contribution < -0.4 is 20.5 Å². The maximum atomic E-state index is 14.0. The first-order valence-electron chi connectivity index (χ1n) is 7.21. The van der Waals surface area contributed by atoms with Crippen LogP contribution in [-0.2, 0) is 0 Å². The van der Waals surface area contributed by atoms with Crippen molar-refractivity contribution in [1.29, 1.82) is 0 Å². The Balaban J connectivity index is 2.13. The normalized spacial score (nSPS) is 16.5. The van der Waals surface area contributed by atoms with Crippen molar-refractivity contribution in [3.05, 3.63) is 41.7 Å². The minimum absolute atomic E-state index is 0.115. The SMILES string of the molecule is COc1ccc(-c2cc(F)cc3c2O[C@H](CN)CN3)c(C)c1. The summed E-state index contributed by atoms with van der Waals surface area (Å²) in [6.45, 7) is 2.95. The number of ether oxygens (including phenoxy) is 2. The van der Waals surface area contributed by atoms with Crippen LogP contribution in [0.15, 0.2) is 30.3 Å². The molecule has 2 aromatic carbocycles. The van der Waals surface area contributed by atoms with Crippen molar-refractivity contribution in [3.63, 3.8) is 0 Å². The Morgan fingerprint density at radius 1 is 1.32 bits per heavy atom. The molecule has 0 saturated carbocycles. The molecule has 0 amide bonds. The van der Waals surface area contributed by atoms with Gasteiger partial charge in [-0.25, -0.2) is 4.39 Å². The number of fused-ring (bicyclic) bond motifs is 1. The second kappa shape index (κ2) is 5.85. The number of nitrogens with two attached hydrogens (primary N) is 1. The first kappa shape index (κ1) is 14.7. The molecule has 5 heteroatoms. The highest BCUT2D eigenvalue weighted by atomic mass is 19.1.